The summed E-state index contributed by atoms with van der Waals surface area (Å²) in [6.07, 6.45) is 12.0. The van der Waals surface area contributed by atoms with Gasteiger partial charge in [-0.15, -0.1) is 0 Å². The smallest absolute Gasteiger partial charge is 0.445 e. The molecule has 3 aliphatic rings. The van der Waals surface area contributed by atoms with E-state index in [2.05, 4.69) is 42.5 Å². The molecule has 0 bridgehead atoms. The van der Waals surface area contributed by atoms with Crippen LogP contribution in [0.15, 0.2) is 134 Å². The molecule has 4 aromatic rings. The van der Waals surface area contributed by atoms with Gasteiger partial charge in [0.15, 0.2) is 17.3 Å². The summed E-state index contributed by atoms with van der Waals surface area (Å²) in [5.41, 5.74) is 8.85. The Morgan fingerprint density at radius 2 is 0.674 bits per heavy atom. The Morgan fingerprint density at radius 1 is 0.388 bits per heavy atom. The van der Waals surface area contributed by atoms with Crippen molar-refractivity contribution in [3.05, 3.63) is 160 Å². The number of anilines is 3. The Labute approximate surface area is 749 Å². The number of nitro benzene ring substituents is 1. The Bertz CT molecular complexity index is 4410. The van der Waals surface area contributed by atoms with E-state index in [1.54, 1.807) is 93.6 Å². The Morgan fingerprint density at radius 3 is 0.946 bits per heavy atom. The van der Waals surface area contributed by atoms with Gasteiger partial charge in [-0.3, -0.25) is 96.7 Å². The van der Waals surface area contributed by atoms with Crippen LogP contribution in [0, 0.1) is 45.6 Å². The molecule has 0 saturated carbocycles. The number of unbranched alkanes of at least 4 members (excludes halogenated alkanes) is 6. The number of hydrogen-bond acceptors (Lipinski definition) is 25. The molecular weight excluding hydrogens is 1670 g/mol. The van der Waals surface area contributed by atoms with Crippen molar-refractivity contribution < 1.29 is 110 Å². The number of nitrogens with zero attached hydrogens (tertiary/aromatic N) is 4. The van der Waals surface area contributed by atoms with Gasteiger partial charge in [0.05, 0.1) is 23.0 Å². The van der Waals surface area contributed by atoms with E-state index in [4.69, 9.17) is 24.7 Å². The molecule has 0 spiro atoms. The van der Waals surface area contributed by atoms with Gasteiger partial charge in [0.2, 0.25) is 35.4 Å². The summed E-state index contributed by atoms with van der Waals surface area (Å²) in [5, 5.41) is 32.6. The number of ketones is 3. The summed E-state index contributed by atoms with van der Waals surface area (Å²) < 4.78 is 20.3. The average molecular weight is 1790 g/mol. The largest absolute Gasteiger partial charge is 0.514 e. The van der Waals surface area contributed by atoms with Gasteiger partial charge in [0.25, 0.3) is 41.1 Å². The van der Waals surface area contributed by atoms with Gasteiger partial charge in [-0.1, -0.05) is 125 Å². The van der Waals surface area contributed by atoms with Gasteiger partial charge >= 0.3 is 18.3 Å². The summed E-state index contributed by atoms with van der Waals surface area (Å²) >= 11 is 0. The van der Waals surface area contributed by atoms with Crippen molar-refractivity contribution >= 4 is 129 Å². The number of alkyl carbamates (subject to hydrolysis) is 2. The van der Waals surface area contributed by atoms with Crippen molar-refractivity contribution in [2.24, 2.45) is 41.2 Å². The van der Waals surface area contributed by atoms with Crippen LogP contribution in [-0.2, 0) is 106 Å². The zero-order valence-electron chi connectivity index (χ0n) is 74.7. The number of nitrogens with one attached hydrogen (secondary N) is 8. The standard InChI is InChI=1S/C33H38N4O10.C30H42N4O7.C29H41N5O7/c1-21(2)31(35-28(39)7-5-4-6-18-36-29(40)16-17-30(36)41)27(38)19-22(3)32(42)34-24-10-8-23(9-11-24)20-46-33(43)47-26-14-12-25(13-15-26)37(44)45;1-5-16-31-30(40)41-19-22-10-12-23(13-11-22)32-29(39)21(4)18-24(35)28(20(2)3)33-25(36)9-7-6-8-17-34-26(37)14-15-27(34)38;1-19(2)27(33-24(36)7-5-4-6-16-34-25(37)12-13-26(34)38)23(35)17-20(3)28(39)32-22-10-8-21(9-11-22)18-41-29(40)31-15-14-30/h8-17,21-22,31H,4-7,18-20H2,1-3H3,(H,34,42)(H,35,39);10-15,20-21,28H,5-9,16-19H2,1-4H3,(H,31,40)(H,32,39)(H,33,36);8-13,19-20,27H,4-7,14-18,30H2,1-3H3,(H,31,40)(H,32,39)(H,33,36)/t22-,31+;21-,28+;20-,27+/m111/s1. The number of amides is 14. The highest BCUT2D eigenvalue weighted by Gasteiger charge is 2.33. The van der Waals surface area contributed by atoms with Crippen LogP contribution in [0.3, 0.4) is 0 Å². The maximum absolute atomic E-state index is 13.1. The number of carbonyl (C=O) groups is 18. The number of carbonyl (C=O) groups excluding carboxylic acids is 18. The zero-order valence-corrected chi connectivity index (χ0v) is 74.7. The number of imide groups is 3. The number of nitro groups is 1. The molecule has 10 N–H and O–H groups in total. The molecule has 129 heavy (non-hydrogen) atoms. The summed E-state index contributed by atoms with van der Waals surface area (Å²) in [7, 11) is 0. The van der Waals surface area contributed by atoms with Crippen molar-refractivity contribution in [2.45, 2.75) is 210 Å². The van der Waals surface area contributed by atoms with E-state index in [0.717, 1.165) is 22.4 Å². The minimum atomic E-state index is -0.992. The molecule has 0 aliphatic carbocycles. The fourth-order valence-corrected chi connectivity index (χ4v) is 12.9. The van der Waals surface area contributed by atoms with Crippen molar-refractivity contribution in [3.8, 4) is 5.75 Å². The molecule has 4 aromatic carbocycles. The van der Waals surface area contributed by atoms with Crippen molar-refractivity contribution in [1.29, 1.82) is 0 Å². The second kappa shape index (κ2) is 55.9. The molecule has 698 valence electrons. The molecule has 6 atom stereocenters. The molecular formula is C92H121N13O24. The minimum Gasteiger partial charge on any atom is -0.445 e. The fourth-order valence-electron chi connectivity index (χ4n) is 12.9. The number of nitrogens with two attached hydrogens (primary N) is 1. The van der Waals surface area contributed by atoms with E-state index in [1.165, 1.54) is 70.5 Å². The first-order valence-corrected chi connectivity index (χ1v) is 43.2. The highest BCUT2D eigenvalue weighted by atomic mass is 16.7. The second-order valence-corrected chi connectivity index (χ2v) is 32.2. The highest BCUT2D eigenvalue weighted by molar-refractivity contribution is 6.14. The van der Waals surface area contributed by atoms with E-state index in [9.17, 15) is 96.4 Å². The third-order valence-electron chi connectivity index (χ3n) is 20.4. The maximum atomic E-state index is 13.1. The first-order chi connectivity index (χ1) is 61.4. The minimum absolute atomic E-state index is 0.0281. The Kier molecular flexibility index (Phi) is 45.9. The van der Waals surface area contributed by atoms with E-state index in [1.807, 2.05) is 48.5 Å². The molecule has 7 rings (SSSR count). The number of Topliss-reactive ketones (excluding diaryl/α,β-unsaturated/α-hetero) is 3. The van der Waals surface area contributed by atoms with Crippen molar-refractivity contribution in [1.82, 2.24) is 41.3 Å². The Balaban J connectivity index is 0.000000344. The molecule has 14 amide bonds. The van der Waals surface area contributed by atoms with E-state index in [-0.39, 0.29) is 176 Å². The van der Waals surface area contributed by atoms with Crippen LogP contribution < -0.4 is 53.0 Å². The molecule has 0 aromatic heterocycles. The molecule has 0 fully saturated rings. The Hall–Kier alpha value is -13.5. The van der Waals surface area contributed by atoms with Crippen LogP contribution in [0.5, 0.6) is 5.75 Å². The van der Waals surface area contributed by atoms with Gasteiger partial charge in [0.1, 0.15) is 25.6 Å². The lowest BCUT2D eigenvalue weighted by molar-refractivity contribution is -0.384. The first kappa shape index (κ1) is 106. The molecule has 0 unspecified atom stereocenters. The quantitative estimate of drug-likeness (QED) is 0.00377. The summed E-state index contributed by atoms with van der Waals surface area (Å²) in [6.45, 7) is 20.0. The number of non-ortho nitro benzene ring substituents is 1. The lowest BCUT2D eigenvalue weighted by Crippen LogP contribution is -2.45. The monoisotopic (exact) mass is 1790 g/mol. The van der Waals surface area contributed by atoms with Gasteiger partial charge in [-0.05, 0) is 128 Å². The van der Waals surface area contributed by atoms with Crippen LogP contribution in [0.1, 0.15) is 189 Å². The SMILES string of the molecule is CC(C)[C@H](NC(=O)CCCCCN1C(=O)C=CC1=O)C(=O)C[C@@H](C)C(=O)Nc1ccc(COC(=O)NCCN)cc1.CC(C)[C@H](NC(=O)CCCCCN1C(=O)C=CC1=O)C(=O)C[C@@H](C)C(=O)Nc1ccc(COC(=O)Oc2ccc([N+](=O)[O-])cc2)cc1.CCCNC(=O)OCc1ccc(NC(=O)[C@H](C)CC(=O)[C@@H](NC(=O)CCCCCN2C(=O)C=CC2=O)C(C)C)cc1. The highest BCUT2D eigenvalue weighted by Crippen LogP contribution is 2.24. The molecule has 37 nitrogen and oxygen atoms in total. The summed E-state index contributed by atoms with van der Waals surface area (Å²) in [4.78, 5) is 233. The third-order valence-corrected chi connectivity index (χ3v) is 20.4. The number of benzene rings is 4. The lowest BCUT2D eigenvalue weighted by atomic mass is 9.92. The predicted molar refractivity (Wildman–Crippen MR) is 474 cm³/mol. The van der Waals surface area contributed by atoms with E-state index < -0.39 is 59.1 Å². The molecule has 0 saturated heterocycles. The zero-order chi connectivity index (χ0) is 95.2. The normalized spacial score (nSPS) is 14.0. The average Bonchev–Trinajstić information content (AvgIpc) is 1.57. The van der Waals surface area contributed by atoms with Crippen LogP contribution in [0.25, 0.3) is 0 Å². The number of hydrogen-bond donors (Lipinski definition) is 9. The van der Waals surface area contributed by atoms with Crippen LogP contribution in [0.2, 0.25) is 0 Å². The van der Waals surface area contributed by atoms with Gasteiger partial charge in [0, 0.05) is 161 Å². The van der Waals surface area contributed by atoms with Crippen LogP contribution in [-0.4, -0.2) is 184 Å². The molecule has 3 aliphatic heterocycles. The predicted octanol–water partition coefficient (Wildman–Crippen LogP) is 9.98. The third kappa shape index (κ3) is 39.1. The lowest BCUT2D eigenvalue weighted by Gasteiger charge is -2.23. The molecule has 3 heterocycles. The summed E-state index contributed by atoms with van der Waals surface area (Å²) in [5.74, 6) is -6.81. The van der Waals surface area contributed by atoms with Crippen LogP contribution >= 0.6 is 0 Å². The topological polar surface area (TPSA) is 519 Å². The molecule has 0 radical (unpaired) electrons. The fraction of sp³-hybridized carbons (Fsp3) is 0.478. The van der Waals surface area contributed by atoms with E-state index in [0.29, 0.717) is 120 Å². The van der Waals surface area contributed by atoms with Crippen molar-refractivity contribution in [3.63, 3.8) is 0 Å². The second-order valence-electron chi connectivity index (χ2n) is 32.2. The maximum Gasteiger partial charge on any atom is 0.514 e. The molecule has 37 heteroatoms. The van der Waals surface area contributed by atoms with E-state index >= 15 is 0 Å². The summed E-state index contributed by atoms with van der Waals surface area (Å²) in [6, 6.07) is 22.9. The number of ether oxygens (including phenoxy) is 4. The van der Waals surface area contributed by atoms with Gasteiger partial charge in [-0.2, -0.15) is 0 Å². The van der Waals surface area contributed by atoms with Gasteiger partial charge < -0.3 is 67.2 Å². The first-order valence-electron chi connectivity index (χ1n) is 43.2. The van der Waals surface area contributed by atoms with Gasteiger partial charge in [-0.25, -0.2) is 14.4 Å². The number of rotatable bonds is 51. The van der Waals surface area contributed by atoms with Crippen molar-refractivity contribution in [2.75, 3.05) is 55.2 Å². The van der Waals surface area contributed by atoms with Crippen LogP contribution in [0.4, 0.5) is 37.1 Å².